The molecule has 0 bridgehead atoms. The molecule has 1 saturated heterocycles. The van der Waals surface area contributed by atoms with Gasteiger partial charge in [0.2, 0.25) is 0 Å². The number of nitrogens with one attached hydrogen (secondary N) is 1. The number of morpholine rings is 1. The van der Waals surface area contributed by atoms with Crippen LogP contribution in [0, 0.1) is 6.92 Å². The SMILES string of the molecule is Cc1cccc(C(=O)NCc2cccnc2N2CCOCC2)c1. The molecule has 0 spiro atoms. The van der Waals surface area contributed by atoms with Crippen molar-refractivity contribution in [2.45, 2.75) is 13.5 Å². The highest BCUT2D eigenvalue weighted by Gasteiger charge is 2.16. The molecule has 2 heterocycles. The number of aromatic nitrogens is 1. The van der Waals surface area contributed by atoms with Crippen molar-refractivity contribution in [3.63, 3.8) is 0 Å². The van der Waals surface area contributed by atoms with Crippen molar-refractivity contribution in [2.75, 3.05) is 31.2 Å². The number of aryl methyl sites for hydroxylation is 1. The zero-order valence-electron chi connectivity index (χ0n) is 13.3. The molecular formula is C18H21N3O2. The van der Waals surface area contributed by atoms with Crippen LogP contribution in [0.5, 0.6) is 0 Å². The number of amides is 1. The smallest absolute Gasteiger partial charge is 0.251 e. The predicted octanol–water partition coefficient (Wildman–Crippen LogP) is 2.16. The molecule has 1 aliphatic heterocycles. The van der Waals surface area contributed by atoms with E-state index in [1.54, 1.807) is 6.20 Å². The van der Waals surface area contributed by atoms with Crippen molar-refractivity contribution < 1.29 is 9.53 Å². The Bertz CT molecular complexity index is 681. The van der Waals surface area contributed by atoms with Gasteiger partial charge in [0.05, 0.1) is 13.2 Å². The minimum Gasteiger partial charge on any atom is -0.378 e. The number of carbonyl (C=O) groups is 1. The number of rotatable bonds is 4. The van der Waals surface area contributed by atoms with E-state index in [4.69, 9.17) is 4.74 Å². The Balaban J connectivity index is 1.69. The average molecular weight is 311 g/mol. The summed E-state index contributed by atoms with van der Waals surface area (Å²) in [5.74, 6) is 0.867. The molecule has 5 heteroatoms. The molecule has 2 aromatic rings. The lowest BCUT2D eigenvalue weighted by Gasteiger charge is -2.29. The second kappa shape index (κ2) is 7.24. The average Bonchev–Trinajstić information content (AvgIpc) is 2.60. The van der Waals surface area contributed by atoms with Crippen LogP contribution in [0.1, 0.15) is 21.5 Å². The molecule has 23 heavy (non-hydrogen) atoms. The first-order chi connectivity index (χ1) is 11.2. The van der Waals surface area contributed by atoms with Gasteiger partial charge >= 0.3 is 0 Å². The van der Waals surface area contributed by atoms with Crippen LogP contribution in [-0.2, 0) is 11.3 Å². The van der Waals surface area contributed by atoms with Crippen molar-refractivity contribution in [1.29, 1.82) is 0 Å². The van der Waals surface area contributed by atoms with Gasteiger partial charge < -0.3 is 15.0 Å². The third-order valence-electron chi connectivity index (χ3n) is 3.90. The van der Waals surface area contributed by atoms with E-state index in [-0.39, 0.29) is 5.91 Å². The monoisotopic (exact) mass is 311 g/mol. The van der Waals surface area contributed by atoms with E-state index in [1.807, 2.05) is 43.3 Å². The zero-order valence-corrected chi connectivity index (χ0v) is 13.3. The Hall–Kier alpha value is -2.40. The zero-order chi connectivity index (χ0) is 16.1. The standard InChI is InChI=1S/C18H21N3O2/c1-14-4-2-5-15(12-14)18(22)20-13-16-6-3-7-19-17(16)21-8-10-23-11-9-21/h2-7,12H,8-11,13H2,1H3,(H,20,22). The van der Waals surface area contributed by atoms with Gasteiger partial charge in [-0.05, 0) is 25.1 Å². The molecule has 0 aliphatic carbocycles. The molecule has 0 unspecified atom stereocenters. The number of ether oxygens (including phenoxy) is 1. The molecule has 1 fully saturated rings. The van der Waals surface area contributed by atoms with Crippen LogP contribution in [0.4, 0.5) is 5.82 Å². The maximum atomic E-state index is 12.3. The number of nitrogens with zero attached hydrogens (tertiary/aromatic N) is 2. The van der Waals surface area contributed by atoms with Crippen LogP contribution in [-0.4, -0.2) is 37.2 Å². The van der Waals surface area contributed by atoms with E-state index < -0.39 is 0 Å². The van der Waals surface area contributed by atoms with E-state index in [1.165, 1.54) is 0 Å². The van der Waals surface area contributed by atoms with Gasteiger partial charge in [-0.15, -0.1) is 0 Å². The van der Waals surface area contributed by atoms with E-state index in [2.05, 4.69) is 15.2 Å². The summed E-state index contributed by atoms with van der Waals surface area (Å²) in [7, 11) is 0. The van der Waals surface area contributed by atoms with Crippen molar-refractivity contribution in [2.24, 2.45) is 0 Å². The first-order valence-electron chi connectivity index (χ1n) is 7.85. The number of carbonyl (C=O) groups excluding carboxylic acids is 1. The van der Waals surface area contributed by atoms with Crippen molar-refractivity contribution in [1.82, 2.24) is 10.3 Å². The highest BCUT2D eigenvalue weighted by molar-refractivity contribution is 5.94. The van der Waals surface area contributed by atoms with E-state index in [0.717, 1.165) is 30.0 Å². The highest BCUT2D eigenvalue weighted by atomic mass is 16.5. The van der Waals surface area contributed by atoms with Crippen molar-refractivity contribution >= 4 is 11.7 Å². The van der Waals surface area contributed by atoms with Gasteiger partial charge in [-0.25, -0.2) is 4.98 Å². The number of anilines is 1. The summed E-state index contributed by atoms with van der Waals surface area (Å²) in [4.78, 5) is 19.0. The lowest BCUT2D eigenvalue weighted by atomic mass is 10.1. The second-order valence-electron chi connectivity index (χ2n) is 5.64. The minimum atomic E-state index is -0.0644. The van der Waals surface area contributed by atoms with Gasteiger partial charge in [0, 0.05) is 37.0 Å². The van der Waals surface area contributed by atoms with Crippen molar-refractivity contribution in [3.8, 4) is 0 Å². The van der Waals surface area contributed by atoms with Crippen LogP contribution in [0.3, 0.4) is 0 Å². The molecule has 1 aromatic carbocycles. The van der Waals surface area contributed by atoms with Gasteiger partial charge in [-0.1, -0.05) is 23.8 Å². The summed E-state index contributed by atoms with van der Waals surface area (Å²) in [6.45, 7) is 5.53. The Morgan fingerprint density at radius 2 is 2.09 bits per heavy atom. The molecule has 1 amide bonds. The van der Waals surface area contributed by atoms with Gasteiger partial charge in [0.15, 0.2) is 0 Å². The van der Waals surface area contributed by atoms with Gasteiger partial charge in [-0.3, -0.25) is 4.79 Å². The first-order valence-corrected chi connectivity index (χ1v) is 7.85. The fourth-order valence-corrected chi connectivity index (χ4v) is 2.69. The summed E-state index contributed by atoms with van der Waals surface area (Å²) < 4.78 is 5.39. The summed E-state index contributed by atoms with van der Waals surface area (Å²) in [6.07, 6.45) is 1.79. The lowest BCUT2D eigenvalue weighted by molar-refractivity contribution is 0.0950. The second-order valence-corrected chi connectivity index (χ2v) is 5.64. The number of benzene rings is 1. The Morgan fingerprint density at radius 3 is 2.87 bits per heavy atom. The molecule has 0 saturated carbocycles. The van der Waals surface area contributed by atoms with Crippen LogP contribution in [0.25, 0.3) is 0 Å². The minimum absolute atomic E-state index is 0.0644. The van der Waals surface area contributed by atoms with Crippen LogP contribution in [0.2, 0.25) is 0 Å². The molecule has 1 aliphatic rings. The largest absolute Gasteiger partial charge is 0.378 e. The maximum absolute atomic E-state index is 12.3. The number of hydrogen-bond donors (Lipinski definition) is 1. The quantitative estimate of drug-likeness (QED) is 0.940. The predicted molar refractivity (Wildman–Crippen MR) is 89.6 cm³/mol. The molecule has 3 rings (SSSR count). The molecule has 120 valence electrons. The molecule has 1 aromatic heterocycles. The van der Waals surface area contributed by atoms with Crippen molar-refractivity contribution in [3.05, 3.63) is 59.3 Å². The molecule has 5 nitrogen and oxygen atoms in total. The molecule has 0 atom stereocenters. The van der Waals surface area contributed by atoms with Crippen LogP contribution in [0.15, 0.2) is 42.6 Å². The highest BCUT2D eigenvalue weighted by Crippen LogP contribution is 2.18. The first kappa shape index (κ1) is 15.5. The topological polar surface area (TPSA) is 54.5 Å². The van der Waals surface area contributed by atoms with Gasteiger partial charge in [-0.2, -0.15) is 0 Å². The Morgan fingerprint density at radius 1 is 1.26 bits per heavy atom. The maximum Gasteiger partial charge on any atom is 0.251 e. The Labute approximate surface area is 136 Å². The summed E-state index contributed by atoms with van der Waals surface area (Å²) >= 11 is 0. The van der Waals surface area contributed by atoms with Crippen LogP contribution < -0.4 is 10.2 Å². The summed E-state index contributed by atoms with van der Waals surface area (Å²) in [5, 5.41) is 2.99. The fraction of sp³-hybridized carbons (Fsp3) is 0.333. The summed E-state index contributed by atoms with van der Waals surface area (Å²) in [6, 6.07) is 11.5. The Kier molecular flexibility index (Phi) is 4.88. The molecule has 1 N–H and O–H groups in total. The third-order valence-corrected chi connectivity index (χ3v) is 3.90. The normalized spacial score (nSPS) is 14.6. The third kappa shape index (κ3) is 3.87. The van der Waals surface area contributed by atoms with Gasteiger partial charge in [0.25, 0.3) is 5.91 Å². The summed E-state index contributed by atoms with van der Waals surface area (Å²) in [5.41, 5.74) is 2.78. The van der Waals surface area contributed by atoms with E-state index >= 15 is 0 Å². The van der Waals surface area contributed by atoms with E-state index in [0.29, 0.717) is 25.3 Å². The lowest BCUT2D eigenvalue weighted by Crippen LogP contribution is -2.37. The molecule has 0 radical (unpaired) electrons. The number of hydrogen-bond acceptors (Lipinski definition) is 4. The fourth-order valence-electron chi connectivity index (χ4n) is 2.69. The van der Waals surface area contributed by atoms with Gasteiger partial charge in [0.1, 0.15) is 5.82 Å². The molecular weight excluding hydrogens is 290 g/mol. The number of pyridine rings is 1. The van der Waals surface area contributed by atoms with E-state index in [9.17, 15) is 4.79 Å². The van der Waals surface area contributed by atoms with Crippen LogP contribution >= 0.6 is 0 Å².